The number of nitrogens with zero attached hydrogens (tertiary/aromatic N) is 5. The maximum absolute atomic E-state index is 15.9. The molecular formula is C32H34FN5O2. The highest BCUT2D eigenvalue weighted by molar-refractivity contribution is 5.86. The highest BCUT2D eigenvalue weighted by Gasteiger charge is 2.23. The van der Waals surface area contributed by atoms with Crippen LogP contribution in [0.1, 0.15) is 24.0 Å². The fourth-order valence-electron chi connectivity index (χ4n) is 5.87. The van der Waals surface area contributed by atoms with E-state index in [1.807, 2.05) is 40.9 Å². The zero-order chi connectivity index (χ0) is 27.5. The summed E-state index contributed by atoms with van der Waals surface area (Å²) in [4.78, 5) is 9.24. The molecule has 8 heteroatoms. The molecule has 0 amide bonds. The summed E-state index contributed by atoms with van der Waals surface area (Å²) in [5, 5.41) is 9.34. The van der Waals surface area contributed by atoms with E-state index in [9.17, 15) is 5.26 Å². The Labute approximate surface area is 234 Å². The largest absolute Gasteiger partial charge is 0.489 e. The van der Waals surface area contributed by atoms with Gasteiger partial charge < -0.3 is 14.4 Å². The topological polar surface area (TPSA) is 66.0 Å². The number of ether oxygens (including phenoxy) is 2. The van der Waals surface area contributed by atoms with E-state index in [1.54, 1.807) is 24.4 Å². The smallest absolute Gasteiger partial charge is 0.180 e. The van der Waals surface area contributed by atoms with Gasteiger partial charge in [0, 0.05) is 55.6 Å². The van der Waals surface area contributed by atoms with Crippen molar-refractivity contribution in [2.45, 2.75) is 19.4 Å². The first-order valence-corrected chi connectivity index (χ1v) is 14.0. The van der Waals surface area contributed by atoms with Gasteiger partial charge in [-0.25, -0.2) is 9.37 Å². The minimum absolute atomic E-state index is 0.283. The van der Waals surface area contributed by atoms with E-state index in [2.05, 4.69) is 27.9 Å². The number of likely N-dealkylation sites (tertiary alicyclic amines) is 1. The van der Waals surface area contributed by atoms with Crippen LogP contribution < -0.4 is 4.74 Å². The second-order valence-electron chi connectivity index (χ2n) is 10.9. The van der Waals surface area contributed by atoms with Crippen LogP contribution in [0, 0.1) is 23.1 Å². The molecule has 2 aromatic heterocycles. The van der Waals surface area contributed by atoms with Crippen LogP contribution in [0.2, 0.25) is 0 Å². The van der Waals surface area contributed by atoms with Crippen LogP contribution in [-0.2, 0) is 11.3 Å². The van der Waals surface area contributed by atoms with Crippen molar-refractivity contribution in [3.8, 4) is 34.2 Å². The predicted molar refractivity (Wildman–Crippen MR) is 153 cm³/mol. The molecule has 0 saturated carbocycles. The van der Waals surface area contributed by atoms with Crippen LogP contribution in [-0.4, -0.2) is 72.2 Å². The van der Waals surface area contributed by atoms with Gasteiger partial charge in [0.25, 0.3) is 0 Å². The van der Waals surface area contributed by atoms with Gasteiger partial charge in [-0.1, -0.05) is 18.2 Å². The zero-order valence-corrected chi connectivity index (χ0v) is 22.9. The lowest BCUT2D eigenvalue weighted by Crippen LogP contribution is -2.35. The Balaban J connectivity index is 1.40. The number of pyridine rings is 1. The average molecular weight is 540 g/mol. The van der Waals surface area contributed by atoms with Crippen molar-refractivity contribution in [1.82, 2.24) is 19.2 Å². The molecule has 206 valence electrons. The van der Waals surface area contributed by atoms with Gasteiger partial charge in [-0.15, -0.1) is 0 Å². The molecule has 4 heterocycles. The van der Waals surface area contributed by atoms with E-state index in [4.69, 9.17) is 9.47 Å². The monoisotopic (exact) mass is 539 g/mol. The van der Waals surface area contributed by atoms with Gasteiger partial charge in [-0.3, -0.25) is 9.30 Å². The first kappa shape index (κ1) is 26.5. The molecule has 0 spiro atoms. The molecule has 40 heavy (non-hydrogen) atoms. The Morgan fingerprint density at radius 2 is 1.90 bits per heavy atom. The molecule has 4 aromatic rings. The SMILES string of the molecule is CN1CCC[C@@H](COc2cc(-c3ccc(C#N)cc3)c(-c3ccc(CN4CCOCC4)cc3F)n3ccnc23)C1. The number of morpholine rings is 1. The van der Waals surface area contributed by atoms with Crippen molar-refractivity contribution in [3.05, 3.63) is 77.9 Å². The van der Waals surface area contributed by atoms with Crippen LogP contribution >= 0.6 is 0 Å². The Morgan fingerprint density at radius 3 is 2.65 bits per heavy atom. The van der Waals surface area contributed by atoms with E-state index >= 15 is 4.39 Å². The molecule has 2 aromatic carbocycles. The Hall–Kier alpha value is -3.77. The Morgan fingerprint density at radius 1 is 1.07 bits per heavy atom. The first-order chi connectivity index (χ1) is 19.6. The first-order valence-electron chi connectivity index (χ1n) is 14.0. The summed E-state index contributed by atoms with van der Waals surface area (Å²) in [6.07, 6.45) is 5.89. The van der Waals surface area contributed by atoms with Gasteiger partial charge in [-0.05, 0) is 67.9 Å². The van der Waals surface area contributed by atoms with E-state index in [0.29, 0.717) is 60.5 Å². The van der Waals surface area contributed by atoms with Gasteiger partial charge in [0.1, 0.15) is 5.82 Å². The standard InChI is InChI=1S/C32H34FN5O2/c1-36-11-2-3-25(20-36)22-40-30-18-28(26-7-4-23(19-34)5-8-26)31(38-12-10-35-32(30)38)27-9-6-24(17-29(27)33)21-37-13-15-39-16-14-37/h4-10,12,17-18,25H,2-3,11,13-16,20-22H2,1H3/t25-/m1/s1. The minimum Gasteiger partial charge on any atom is -0.489 e. The highest BCUT2D eigenvalue weighted by Crippen LogP contribution is 2.39. The molecule has 2 aliphatic heterocycles. The third kappa shape index (κ3) is 5.59. The molecule has 0 radical (unpaired) electrons. The molecule has 2 saturated heterocycles. The van der Waals surface area contributed by atoms with Crippen molar-refractivity contribution >= 4 is 5.65 Å². The van der Waals surface area contributed by atoms with Gasteiger partial charge >= 0.3 is 0 Å². The number of halogens is 1. The lowest BCUT2D eigenvalue weighted by atomic mass is 9.96. The van der Waals surface area contributed by atoms with E-state index in [-0.39, 0.29) is 5.82 Å². The van der Waals surface area contributed by atoms with E-state index in [1.165, 1.54) is 6.42 Å². The normalized spacial score (nSPS) is 18.6. The van der Waals surface area contributed by atoms with Crippen molar-refractivity contribution in [3.63, 3.8) is 0 Å². The number of hydrogen-bond acceptors (Lipinski definition) is 6. The third-order valence-corrected chi connectivity index (χ3v) is 7.95. The number of aromatic nitrogens is 2. The number of nitriles is 1. The summed E-state index contributed by atoms with van der Waals surface area (Å²) < 4.78 is 29.7. The van der Waals surface area contributed by atoms with Gasteiger partial charge in [0.2, 0.25) is 0 Å². The average Bonchev–Trinajstić information content (AvgIpc) is 3.47. The molecule has 0 N–H and O–H groups in total. The van der Waals surface area contributed by atoms with Crippen LogP contribution in [0.4, 0.5) is 4.39 Å². The number of rotatable bonds is 7. The van der Waals surface area contributed by atoms with Crippen molar-refractivity contribution < 1.29 is 13.9 Å². The van der Waals surface area contributed by atoms with Gasteiger partial charge in [0.15, 0.2) is 11.4 Å². The van der Waals surface area contributed by atoms with Crippen LogP contribution in [0.5, 0.6) is 5.75 Å². The van der Waals surface area contributed by atoms with Crippen molar-refractivity contribution in [2.75, 3.05) is 53.0 Å². The molecule has 0 unspecified atom stereocenters. The molecule has 2 fully saturated rings. The Kier molecular flexibility index (Phi) is 7.78. The molecule has 0 bridgehead atoms. The number of fused-ring (bicyclic) bond motifs is 1. The van der Waals surface area contributed by atoms with Crippen LogP contribution in [0.3, 0.4) is 0 Å². The Bertz CT molecular complexity index is 1520. The minimum atomic E-state index is -0.283. The van der Waals surface area contributed by atoms with Crippen molar-refractivity contribution in [2.24, 2.45) is 5.92 Å². The maximum Gasteiger partial charge on any atom is 0.180 e. The second kappa shape index (κ2) is 11.8. The summed E-state index contributed by atoms with van der Waals surface area (Å²) in [6.45, 7) is 6.53. The number of hydrogen-bond donors (Lipinski definition) is 0. The highest BCUT2D eigenvalue weighted by atomic mass is 19.1. The van der Waals surface area contributed by atoms with Crippen LogP contribution in [0.15, 0.2) is 60.9 Å². The molecule has 7 nitrogen and oxygen atoms in total. The fraction of sp³-hybridized carbons (Fsp3) is 0.375. The number of piperidine rings is 1. The summed E-state index contributed by atoms with van der Waals surface area (Å²) in [7, 11) is 2.15. The molecule has 1 atom stereocenters. The molecule has 6 rings (SSSR count). The zero-order valence-electron chi connectivity index (χ0n) is 22.9. The second-order valence-corrected chi connectivity index (χ2v) is 10.9. The summed E-state index contributed by atoms with van der Waals surface area (Å²) >= 11 is 0. The maximum atomic E-state index is 15.9. The van der Waals surface area contributed by atoms with Crippen molar-refractivity contribution in [1.29, 1.82) is 5.26 Å². The fourth-order valence-corrected chi connectivity index (χ4v) is 5.87. The van der Waals surface area contributed by atoms with Crippen LogP contribution in [0.25, 0.3) is 28.0 Å². The predicted octanol–water partition coefficient (Wildman–Crippen LogP) is 5.23. The molecule has 0 aliphatic carbocycles. The summed E-state index contributed by atoms with van der Waals surface area (Å²) in [6, 6.07) is 17.1. The lowest BCUT2D eigenvalue weighted by molar-refractivity contribution is 0.0341. The molecular weight excluding hydrogens is 505 g/mol. The number of benzene rings is 2. The summed E-state index contributed by atoms with van der Waals surface area (Å²) in [5.74, 6) is 0.837. The lowest BCUT2D eigenvalue weighted by Gasteiger charge is -2.29. The quantitative estimate of drug-likeness (QED) is 0.320. The van der Waals surface area contributed by atoms with E-state index < -0.39 is 0 Å². The van der Waals surface area contributed by atoms with Gasteiger partial charge in [0.05, 0.1) is 37.1 Å². The number of imidazole rings is 1. The summed E-state index contributed by atoms with van der Waals surface area (Å²) in [5.41, 5.74) is 5.07. The van der Waals surface area contributed by atoms with E-state index in [0.717, 1.165) is 49.3 Å². The third-order valence-electron chi connectivity index (χ3n) is 7.95. The molecule has 2 aliphatic rings. The van der Waals surface area contributed by atoms with Gasteiger partial charge in [-0.2, -0.15) is 5.26 Å².